The van der Waals surface area contributed by atoms with Crippen LogP contribution in [-0.2, 0) is 14.3 Å². The number of hydrogen-bond acceptors (Lipinski definition) is 6. The molecule has 32 heavy (non-hydrogen) atoms. The third-order valence-electron chi connectivity index (χ3n) is 5.32. The Bertz CT molecular complexity index is 1170. The van der Waals surface area contributed by atoms with Gasteiger partial charge >= 0.3 is 5.97 Å². The van der Waals surface area contributed by atoms with Crippen molar-refractivity contribution in [2.24, 2.45) is 0 Å². The van der Waals surface area contributed by atoms with E-state index in [9.17, 15) is 9.59 Å². The molecule has 1 unspecified atom stereocenters. The Hall–Kier alpha value is -3.94. The molecule has 8 heteroatoms. The number of anilines is 2. The number of esters is 1. The van der Waals surface area contributed by atoms with E-state index < -0.39 is 12.0 Å². The maximum atomic E-state index is 13.0. The molecule has 1 N–H and O–H groups in total. The second-order valence-electron chi connectivity index (χ2n) is 7.54. The highest BCUT2D eigenvalue weighted by molar-refractivity contribution is 5.96. The van der Waals surface area contributed by atoms with Crippen LogP contribution in [0.4, 0.5) is 11.6 Å². The van der Waals surface area contributed by atoms with Crippen LogP contribution in [0.1, 0.15) is 31.0 Å². The van der Waals surface area contributed by atoms with Gasteiger partial charge in [-0.1, -0.05) is 42.5 Å². The van der Waals surface area contributed by atoms with Gasteiger partial charge in [-0.15, -0.1) is 0 Å². The second-order valence-corrected chi connectivity index (χ2v) is 7.54. The summed E-state index contributed by atoms with van der Waals surface area (Å²) in [7, 11) is 0. The van der Waals surface area contributed by atoms with E-state index in [4.69, 9.17) is 4.74 Å². The number of rotatable bonds is 6. The Morgan fingerprint density at radius 2 is 1.88 bits per heavy atom. The first-order valence-corrected chi connectivity index (χ1v) is 10.5. The summed E-state index contributed by atoms with van der Waals surface area (Å²) in [5.74, 6) is -0.182. The SMILES string of the molecule is CCOC(=O)C1=C(C)N(CC(=O)Nc2cccc(C)c2)c2ncnn2C1c1ccccc1. The third-order valence-corrected chi connectivity index (χ3v) is 5.32. The van der Waals surface area contributed by atoms with E-state index in [1.165, 1.54) is 6.33 Å². The summed E-state index contributed by atoms with van der Waals surface area (Å²) in [6.07, 6.45) is 1.43. The maximum absolute atomic E-state index is 13.0. The lowest BCUT2D eigenvalue weighted by molar-refractivity contribution is -0.139. The lowest BCUT2D eigenvalue weighted by Crippen LogP contribution is -2.40. The summed E-state index contributed by atoms with van der Waals surface area (Å²) in [5.41, 5.74) is 3.68. The van der Waals surface area contributed by atoms with Gasteiger partial charge in [0, 0.05) is 11.4 Å². The van der Waals surface area contributed by atoms with Crippen molar-refractivity contribution in [1.82, 2.24) is 14.8 Å². The van der Waals surface area contributed by atoms with E-state index in [1.807, 2.05) is 61.5 Å². The molecule has 1 aliphatic heterocycles. The smallest absolute Gasteiger partial charge is 0.338 e. The molecule has 2 heterocycles. The standard InChI is InChI=1S/C24H25N5O3/c1-4-32-23(31)21-17(3)28(14-20(30)27-19-12-8-9-16(2)13-19)24-25-15-26-29(24)22(21)18-10-6-5-7-11-18/h5-13,15,22H,4,14H2,1-3H3,(H,27,30). The minimum absolute atomic E-state index is 0.0249. The first-order chi connectivity index (χ1) is 15.5. The molecule has 2 aromatic carbocycles. The van der Waals surface area contributed by atoms with Crippen LogP contribution in [0.15, 0.2) is 72.2 Å². The van der Waals surface area contributed by atoms with Crippen LogP contribution < -0.4 is 10.2 Å². The van der Waals surface area contributed by atoms with Crippen LogP contribution >= 0.6 is 0 Å². The van der Waals surface area contributed by atoms with Gasteiger partial charge in [-0.2, -0.15) is 10.1 Å². The Kier molecular flexibility index (Phi) is 6.02. The molecule has 8 nitrogen and oxygen atoms in total. The molecule has 4 rings (SSSR count). The highest BCUT2D eigenvalue weighted by Gasteiger charge is 2.38. The molecule has 0 bridgehead atoms. The van der Waals surface area contributed by atoms with Crippen LogP contribution in [0, 0.1) is 6.92 Å². The van der Waals surface area contributed by atoms with Gasteiger partial charge in [0.05, 0.1) is 12.2 Å². The number of allylic oxidation sites excluding steroid dienone is 1. The van der Waals surface area contributed by atoms with Gasteiger partial charge in [-0.3, -0.25) is 4.79 Å². The molecule has 0 fully saturated rings. The fourth-order valence-corrected chi connectivity index (χ4v) is 3.90. The molecular formula is C24H25N5O3. The van der Waals surface area contributed by atoms with Crippen molar-refractivity contribution in [3.8, 4) is 0 Å². The molecule has 0 spiro atoms. The second kappa shape index (κ2) is 9.05. The summed E-state index contributed by atoms with van der Waals surface area (Å²) in [4.78, 5) is 32.0. The Labute approximate surface area is 186 Å². The summed E-state index contributed by atoms with van der Waals surface area (Å²) in [6, 6.07) is 16.7. The van der Waals surface area contributed by atoms with Crippen LogP contribution in [0.25, 0.3) is 0 Å². The molecule has 1 aromatic heterocycles. The molecule has 0 saturated carbocycles. The van der Waals surface area contributed by atoms with Crippen molar-refractivity contribution < 1.29 is 14.3 Å². The van der Waals surface area contributed by atoms with Gasteiger partial charge in [0.1, 0.15) is 18.9 Å². The normalized spacial score (nSPS) is 15.3. The predicted molar refractivity (Wildman–Crippen MR) is 121 cm³/mol. The van der Waals surface area contributed by atoms with E-state index in [0.717, 1.165) is 11.1 Å². The minimum Gasteiger partial charge on any atom is -0.463 e. The third kappa shape index (κ3) is 4.12. The van der Waals surface area contributed by atoms with Crippen molar-refractivity contribution >= 4 is 23.5 Å². The molecule has 164 valence electrons. The van der Waals surface area contributed by atoms with Crippen molar-refractivity contribution in [3.63, 3.8) is 0 Å². The monoisotopic (exact) mass is 431 g/mol. The van der Waals surface area contributed by atoms with Gasteiger partial charge in [-0.05, 0) is 44.0 Å². The van der Waals surface area contributed by atoms with E-state index in [-0.39, 0.29) is 19.1 Å². The van der Waals surface area contributed by atoms with Crippen molar-refractivity contribution in [2.45, 2.75) is 26.8 Å². The largest absolute Gasteiger partial charge is 0.463 e. The quantitative estimate of drug-likeness (QED) is 0.601. The number of aryl methyl sites for hydroxylation is 1. The molecular weight excluding hydrogens is 406 g/mol. The fraction of sp³-hybridized carbons (Fsp3) is 0.250. The number of carbonyl (C=O) groups excluding carboxylic acids is 2. The van der Waals surface area contributed by atoms with E-state index in [0.29, 0.717) is 22.9 Å². The van der Waals surface area contributed by atoms with Crippen molar-refractivity contribution in [3.05, 3.63) is 83.3 Å². The van der Waals surface area contributed by atoms with Crippen LogP contribution in [0.3, 0.4) is 0 Å². The zero-order valence-electron chi connectivity index (χ0n) is 18.3. The zero-order chi connectivity index (χ0) is 22.7. The van der Waals surface area contributed by atoms with Gasteiger partial charge in [0.25, 0.3) is 0 Å². The molecule has 1 atom stereocenters. The van der Waals surface area contributed by atoms with Gasteiger partial charge in [0.15, 0.2) is 0 Å². The highest BCUT2D eigenvalue weighted by atomic mass is 16.5. The molecule has 1 amide bonds. The first kappa shape index (κ1) is 21.3. The molecule has 1 aliphatic rings. The molecule has 0 radical (unpaired) electrons. The number of nitrogens with one attached hydrogen (secondary N) is 1. The summed E-state index contributed by atoms with van der Waals surface area (Å²) in [6.45, 7) is 5.76. The zero-order valence-corrected chi connectivity index (χ0v) is 18.3. The van der Waals surface area contributed by atoms with E-state index >= 15 is 0 Å². The number of nitrogens with zero attached hydrogens (tertiary/aromatic N) is 4. The highest BCUT2D eigenvalue weighted by Crippen LogP contribution is 2.38. The average Bonchev–Trinajstić information content (AvgIpc) is 3.25. The molecule has 0 aliphatic carbocycles. The number of hydrogen-bond donors (Lipinski definition) is 1. The Morgan fingerprint density at radius 1 is 1.09 bits per heavy atom. The Morgan fingerprint density at radius 3 is 2.59 bits per heavy atom. The fourth-order valence-electron chi connectivity index (χ4n) is 3.90. The van der Waals surface area contributed by atoms with Crippen molar-refractivity contribution in [2.75, 3.05) is 23.4 Å². The molecule has 0 saturated heterocycles. The number of ether oxygens (including phenoxy) is 1. The van der Waals surface area contributed by atoms with Crippen LogP contribution in [0.5, 0.6) is 0 Å². The van der Waals surface area contributed by atoms with Crippen LogP contribution in [-0.4, -0.2) is 39.8 Å². The Balaban J connectivity index is 1.72. The van der Waals surface area contributed by atoms with Crippen molar-refractivity contribution in [1.29, 1.82) is 0 Å². The van der Waals surface area contributed by atoms with Gasteiger partial charge in [-0.25, -0.2) is 9.48 Å². The van der Waals surface area contributed by atoms with Crippen LogP contribution in [0.2, 0.25) is 0 Å². The van der Waals surface area contributed by atoms with E-state index in [2.05, 4.69) is 15.4 Å². The number of carbonyl (C=O) groups is 2. The maximum Gasteiger partial charge on any atom is 0.338 e. The predicted octanol–water partition coefficient (Wildman–Crippen LogP) is 3.47. The number of benzene rings is 2. The summed E-state index contributed by atoms with van der Waals surface area (Å²) < 4.78 is 7.03. The topological polar surface area (TPSA) is 89.3 Å². The summed E-state index contributed by atoms with van der Waals surface area (Å²) in [5, 5.41) is 7.29. The van der Waals surface area contributed by atoms with Gasteiger partial charge < -0.3 is 15.0 Å². The molecule has 3 aromatic rings. The number of aromatic nitrogens is 3. The number of amides is 1. The number of fused-ring (bicyclic) bond motifs is 1. The lowest BCUT2D eigenvalue weighted by Gasteiger charge is -2.35. The van der Waals surface area contributed by atoms with Gasteiger partial charge in [0.2, 0.25) is 11.9 Å². The lowest BCUT2D eigenvalue weighted by atomic mass is 9.95. The summed E-state index contributed by atoms with van der Waals surface area (Å²) >= 11 is 0. The first-order valence-electron chi connectivity index (χ1n) is 10.5. The minimum atomic E-state index is -0.496. The van der Waals surface area contributed by atoms with E-state index in [1.54, 1.807) is 23.4 Å². The average molecular weight is 431 g/mol.